The van der Waals surface area contributed by atoms with Crippen molar-refractivity contribution >= 4 is 0 Å². The van der Waals surface area contributed by atoms with Crippen LogP contribution in [0.1, 0.15) is 72.6 Å². The molecule has 116 valence electrons. The zero-order valence-corrected chi connectivity index (χ0v) is 13.5. The lowest BCUT2D eigenvalue weighted by molar-refractivity contribution is 0.0320. The zero-order valence-electron chi connectivity index (χ0n) is 13.5. The number of aliphatic hydroxyl groups excluding tert-OH is 1. The first kappa shape index (κ1) is 18.9. The van der Waals surface area contributed by atoms with Crippen molar-refractivity contribution in [2.24, 2.45) is 0 Å². The van der Waals surface area contributed by atoms with E-state index in [4.69, 9.17) is 4.74 Å². The van der Waals surface area contributed by atoms with E-state index in [1.807, 2.05) is 0 Å². The van der Waals surface area contributed by atoms with Crippen LogP contribution in [0.15, 0.2) is 0 Å². The minimum Gasteiger partial charge on any atom is -0.389 e. The van der Waals surface area contributed by atoms with E-state index in [0.29, 0.717) is 13.2 Å². The molecule has 0 rings (SSSR count). The Morgan fingerprint density at radius 3 is 2.32 bits per heavy atom. The van der Waals surface area contributed by atoms with Crippen LogP contribution < -0.4 is 5.32 Å². The highest BCUT2D eigenvalue weighted by Crippen LogP contribution is 2.07. The van der Waals surface area contributed by atoms with Gasteiger partial charge in [-0.25, -0.2) is 0 Å². The molecule has 0 aliphatic heterocycles. The van der Waals surface area contributed by atoms with Gasteiger partial charge in [0.05, 0.1) is 12.7 Å². The van der Waals surface area contributed by atoms with E-state index in [-0.39, 0.29) is 5.54 Å². The molecular formula is C16H35NO2. The SMILES string of the molecule is CCCCCCCCOCC(O)CNC(C)(C)CC. The van der Waals surface area contributed by atoms with Crippen molar-refractivity contribution in [3.05, 3.63) is 0 Å². The number of hydrogen-bond donors (Lipinski definition) is 2. The second-order valence-corrected chi connectivity index (χ2v) is 6.11. The molecule has 19 heavy (non-hydrogen) atoms. The Labute approximate surface area is 120 Å². The molecule has 0 saturated heterocycles. The molecule has 0 aliphatic rings. The highest BCUT2D eigenvalue weighted by molar-refractivity contribution is 4.76. The maximum Gasteiger partial charge on any atom is 0.0897 e. The van der Waals surface area contributed by atoms with Crippen LogP contribution >= 0.6 is 0 Å². The first-order chi connectivity index (χ1) is 9.02. The van der Waals surface area contributed by atoms with Gasteiger partial charge in [0, 0.05) is 18.7 Å². The van der Waals surface area contributed by atoms with Crippen LogP contribution in [-0.2, 0) is 4.74 Å². The highest BCUT2D eigenvalue weighted by Gasteiger charge is 2.15. The summed E-state index contributed by atoms with van der Waals surface area (Å²) < 4.78 is 5.51. The fourth-order valence-corrected chi connectivity index (χ4v) is 1.78. The van der Waals surface area contributed by atoms with Crippen LogP contribution in [0.3, 0.4) is 0 Å². The van der Waals surface area contributed by atoms with E-state index in [0.717, 1.165) is 19.4 Å². The topological polar surface area (TPSA) is 41.5 Å². The normalized spacial score (nSPS) is 13.7. The molecule has 0 aliphatic carbocycles. The summed E-state index contributed by atoms with van der Waals surface area (Å²) in [6.45, 7) is 10.5. The summed E-state index contributed by atoms with van der Waals surface area (Å²) >= 11 is 0. The van der Waals surface area contributed by atoms with Crippen LogP contribution in [0, 0.1) is 0 Å². The number of nitrogens with one attached hydrogen (secondary N) is 1. The van der Waals surface area contributed by atoms with Gasteiger partial charge in [-0.3, -0.25) is 0 Å². The molecule has 0 aromatic heterocycles. The third-order valence-electron chi connectivity index (χ3n) is 3.65. The van der Waals surface area contributed by atoms with Crippen molar-refractivity contribution in [1.82, 2.24) is 5.32 Å². The molecule has 0 amide bonds. The molecule has 0 spiro atoms. The Balaban J connectivity index is 3.32. The smallest absolute Gasteiger partial charge is 0.0897 e. The fraction of sp³-hybridized carbons (Fsp3) is 1.00. The lowest BCUT2D eigenvalue weighted by Crippen LogP contribution is -2.43. The van der Waals surface area contributed by atoms with Gasteiger partial charge in [0.2, 0.25) is 0 Å². The average Bonchev–Trinajstić information content (AvgIpc) is 2.39. The Hall–Kier alpha value is -0.120. The largest absolute Gasteiger partial charge is 0.389 e. The first-order valence-electron chi connectivity index (χ1n) is 8.02. The van der Waals surface area contributed by atoms with Crippen molar-refractivity contribution in [3.63, 3.8) is 0 Å². The predicted molar refractivity (Wildman–Crippen MR) is 82.6 cm³/mol. The maximum absolute atomic E-state index is 9.79. The van der Waals surface area contributed by atoms with Crippen molar-refractivity contribution in [1.29, 1.82) is 0 Å². The molecule has 0 aromatic carbocycles. The van der Waals surface area contributed by atoms with Crippen LogP contribution in [-0.4, -0.2) is 36.5 Å². The van der Waals surface area contributed by atoms with Crippen LogP contribution in [0.25, 0.3) is 0 Å². The van der Waals surface area contributed by atoms with Gasteiger partial charge >= 0.3 is 0 Å². The molecule has 0 heterocycles. The van der Waals surface area contributed by atoms with E-state index in [1.165, 1.54) is 32.1 Å². The number of unbranched alkanes of at least 4 members (excludes halogenated alkanes) is 5. The lowest BCUT2D eigenvalue weighted by atomic mass is 10.0. The molecular weight excluding hydrogens is 238 g/mol. The fourth-order valence-electron chi connectivity index (χ4n) is 1.78. The Morgan fingerprint density at radius 2 is 1.68 bits per heavy atom. The molecule has 0 aromatic rings. The molecule has 0 fully saturated rings. The van der Waals surface area contributed by atoms with Crippen LogP contribution in [0.4, 0.5) is 0 Å². The van der Waals surface area contributed by atoms with Crippen molar-refractivity contribution in [2.75, 3.05) is 19.8 Å². The van der Waals surface area contributed by atoms with Gasteiger partial charge in [0.15, 0.2) is 0 Å². The molecule has 2 N–H and O–H groups in total. The second-order valence-electron chi connectivity index (χ2n) is 6.11. The predicted octanol–water partition coefficient (Wildman–Crippen LogP) is 3.50. The summed E-state index contributed by atoms with van der Waals surface area (Å²) in [5.74, 6) is 0. The Bertz CT molecular complexity index is 195. The zero-order chi connectivity index (χ0) is 14.6. The number of rotatable bonds is 13. The van der Waals surface area contributed by atoms with E-state index >= 15 is 0 Å². The minimum absolute atomic E-state index is 0.0975. The van der Waals surface area contributed by atoms with Crippen molar-refractivity contribution < 1.29 is 9.84 Å². The molecule has 1 unspecified atom stereocenters. The van der Waals surface area contributed by atoms with Gasteiger partial charge in [0.1, 0.15) is 0 Å². The summed E-state index contributed by atoms with van der Waals surface area (Å²) in [5.41, 5.74) is 0.0975. The molecule has 0 bridgehead atoms. The molecule has 1 atom stereocenters. The van der Waals surface area contributed by atoms with Gasteiger partial charge in [-0.1, -0.05) is 46.0 Å². The summed E-state index contributed by atoms with van der Waals surface area (Å²) in [6.07, 6.45) is 8.31. The summed E-state index contributed by atoms with van der Waals surface area (Å²) in [6, 6.07) is 0. The number of aliphatic hydroxyl groups is 1. The average molecular weight is 273 g/mol. The Morgan fingerprint density at radius 1 is 1.05 bits per heavy atom. The van der Waals surface area contributed by atoms with Gasteiger partial charge in [-0.05, 0) is 26.7 Å². The minimum atomic E-state index is -0.397. The monoisotopic (exact) mass is 273 g/mol. The van der Waals surface area contributed by atoms with Gasteiger partial charge in [-0.15, -0.1) is 0 Å². The first-order valence-corrected chi connectivity index (χ1v) is 8.02. The molecule has 3 nitrogen and oxygen atoms in total. The van der Waals surface area contributed by atoms with Crippen LogP contribution in [0.5, 0.6) is 0 Å². The van der Waals surface area contributed by atoms with Crippen molar-refractivity contribution in [3.8, 4) is 0 Å². The van der Waals surface area contributed by atoms with Gasteiger partial charge < -0.3 is 15.2 Å². The maximum atomic E-state index is 9.79. The van der Waals surface area contributed by atoms with Crippen molar-refractivity contribution in [2.45, 2.75) is 84.3 Å². The number of β-amino-alcohol motifs (C(OH)–C–C–N with tert-alkyl or cyclic N) is 1. The molecule has 0 saturated carbocycles. The summed E-state index contributed by atoms with van der Waals surface area (Å²) in [4.78, 5) is 0. The van der Waals surface area contributed by atoms with Crippen LogP contribution in [0.2, 0.25) is 0 Å². The van der Waals surface area contributed by atoms with Gasteiger partial charge in [0.25, 0.3) is 0 Å². The van der Waals surface area contributed by atoms with E-state index in [9.17, 15) is 5.11 Å². The van der Waals surface area contributed by atoms with E-state index in [2.05, 4.69) is 33.0 Å². The molecule has 3 heteroatoms. The number of hydrogen-bond acceptors (Lipinski definition) is 3. The third-order valence-corrected chi connectivity index (χ3v) is 3.65. The molecule has 0 radical (unpaired) electrons. The van der Waals surface area contributed by atoms with Gasteiger partial charge in [-0.2, -0.15) is 0 Å². The van der Waals surface area contributed by atoms with E-state index in [1.54, 1.807) is 0 Å². The Kier molecular flexibility index (Phi) is 11.6. The quantitative estimate of drug-likeness (QED) is 0.505. The number of ether oxygens (including phenoxy) is 1. The third kappa shape index (κ3) is 12.6. The second kappa shape index (κ2) is 11.7. The summed E-state index contributed by atoms with van der Waals surface area (Å²) in [7, 11) is 0. The van der Waals surface area contributed by atoms with E-state index < -0.39 is 6.10 Å². The standard InChI is InChI=1S/C16H35NO2/c1-5-7-8-9-10-11-12-19-14-15(18)13-17-16(3,4)6-2/h15,17-18H,5-14H2,1-4H3. The highest BCUT2D eigenvalue weighted by atomic mass is 16.5. The lowest BCUT2D eigenvalue weighted by Gasteiger charge is -2.26. The summed E-state index contributed by atoms with van der Waals surface area (Å²) in [5, 5.41) is 13.1.